The smallest absolute Gasteiger partial charge is 0.181 e. The predicted octanol–water partition coefficient (Wildman–Crippen LogP) is 3.18. The normalized spacial score (nSPS) is 10.7. The van der Waals surface area contributed by atoms with Gasteiger partial charge in [-0.15, -0.1) is 0 Å². The van der Waals surface area contributed by atoms with Gasteiger partial charge in [-0.05, 0) is 29.5 Å². The topological polar surface area (TPSA) is 7.76 Å². The van der Waals surface area contributed by atoms with Crippen molar-refractivity contribution in [2.24, 2.45) is 14.1 Å². The Balaban J connectivity index is 1.71. The molecule has 0 atom stereocenters. The van der Waals surface area contributed by atoms with Gasteiger partial charge in [0.1, 0.15) is 14.1 Å². The van der Waals surface area contributed by atoms with E-state index in [1.54, 1.807) is 0 Å². The van der Waals surface area contributed by atoms with Gasteiger partial charge in [-0.1, -0.05) is 30.3 Å². The van der Waals surface area contributed by atoms with E-state index >= 15 is 0 Å². The third kappa shape index (κ3) is 4.04. The minimum Gasteiger partial charge on any atom is -0.208 e. The molecule has 2 heterocycles. The van der Waals surface area contributed by atoms with Gasteiger partial charge in [0.25, 0.3) is 0 Å². The number of rotatable bonds is 5. The molecule has 0 amide bonds. The van der Waals surface area contributed by atoms with Crippen LogP contribution in [0.15, 0.2) is 73.2 Å². The number of hydrogen-bond donors (Lipinski definition) is 0. The lowest BCUT2D eigenvalue weighted by atomic mass is 10.0. The van der Waals surface area contributed by atoms with E-state index in [0.29, 0.717) is 0 Å². The van der Waals surface area contributed by atoms with Crippen molar-refractivity contribution in [3.05, 3.63) is 84.4 Å². The van der Waals surface area contributed by atoms with Crippen molar-refractivity contribution >= 4 is 0 Å². The third-order valence-electron chi connectivity index (χ3n) is 4.31. The molecule has 23 heavy (non-hydrogen) atoms. The van der Waals surface area contributed by atoms with Crippen LogP contribution in [0.3, 0.4) is 0 Å². The summed E-state index contributed by atoms with van der Waals surface area (Å²) in [6.07, 6.45) is 9.76. The van der Waals surface area contributed by atoms with Gasteiger partial charge in [0, 0.05) is 30.7 Å². The Labute approximate surface area is 138 Å². The summed E-state index contributed by atoms with van der Waals surface area (Å²) in [5.74, 6) is 0. The first-order valence-corrected chi connectivity index (χ1v) is 8.20. The number of hydrogen-bond acceptors (Lipinski definition) is 0. The summed E-state index contributed by atoms with van der Waals surface area (Å²) in [4.78, 5) is 0. The van der Waals surface area contributed by atoms with E-state index in [4.69, 9.17) is 0 Å². The predicted molar refractivity (Wildman–Crippen MR) is 92.7 cm³/mol. The molecule has 0 saturated heterocycles. The van der Waals surface area contributed by atoms with E-state index in [1.165, 1.54) is 28.8 Å². The molecule has 116 valence electrons. The van der Waals surface area contributed by atoms with Crippen LogP contribution in [0.2, 0.25) is 0 Å². The molecule has 0 aliphatic rings. The van der Waals surface area contributed by atoms with Crippen molar-refractivity contribution in [1.82, 2.24) is 0 Å². The van der Waals surface area contributed by atoms with E-state index < -0.39 is 0 Å². The SMILES string of the molecule is C[n+]1ccc(-c2cc[n+](C)c(CCCc3ccccc3)c2)cc1. The zero-order valence-electron chi connectivity index (χ0n) is 13.9. The molecule has 0 saturated carbocycles. The van der Waals surface area contributed by atoms with Crippen LogP contribution >= 0.6 is 0 Å². The lowest BCUT2D eigenvalue weighted by Crippen LogP contribution is -2.33. The molecule has 0 fully saturated rings. The standard InChI is InChI=1S/C21H24N2/c1-22-14-11-19(12-15-22)20-13-16-23(2)21(17-20)10-6-9-18-7-4-3-5-8-18/h3-5,7-8,11-17H,6,9-10H2,1-2H3/q+2. The number of pyridine rings is 2. The highest BCUT2D eigenvalue weighted by Gasteiger charge is 2.10. The average molecular weight is 304 g/mol. The van der Waals surface area contributed by atoms with Crippen molar-refractivity contribution < 1.29 is 9.13 Å². The van der Waals surface area contributed by atoms with Crippen LogP contribution in [0.25, 0.3) is 11.1 Å². The zero-order valence-corrected chi connectivity index (χ0v) is 13.9. The maximum absolute atomic E-state index is 2.32. The molecular formula is C21H24N2+2. The molecule has 2 aromatic heterocycles. The number of benzene rings is 1. The largest absolute Gasteiger partial charge is 0.208 e. The van der Waals surface area contributed by atoms with Gasteiger partial charge >= 0.3 is 0 Å². The Kier molecular flexibility index (Phi) is 4.82. The number of aromatic nitrogens is 2. The van der Waals surface area contributed by atoms with Crippen LogP contribution in [0.5, 0.6) is 0 Å². The summed E-state index contributed by atoms with van der Waals surface area (Å²) in [6.45, 7) is 0. The summed E-state index contributed by atoms with van der Waals surface area (Å²) < 4.78 is 4.30. The lowest BCUT2D eigenvalue weighted by Gasteiger charge is -2.05. The molecule has 0 bridgehead atoms. The molecule has 0 spiro atoms. The monoisotopic (exact) mass is 304 g/mol. The summed E-state index contributed by atoms with van der Waals surface area (Å²) in [5.41, 5.74) is 5.36. The third-order valence-corrected chi connectivity index (χ3v) is 4.31. The molecule has 0 radical (unpaired) electrons. The van der Waals surface area contributed by atoms with Gasteiger partial charge < -0.3 is 0 Å². The number of nitrogens with zero attached hydrogens (tertiary/aromatic N) is 2. The van der Waals surface area contributed by atoms with Gasteiger partial charge in [0.15, 0.2) is 24.3 Å². The fourth-order valence-electron chi connectivity index (χ4n) is 2.86. The van der Waals surface area contributed by atoms with E-state index in [2.05, 4.69) is 89.4 Å². The van der Waals surface area contributed by atoms with Crippen molar-refractivity contribution in [3.63, 3.8) is 0 Å². The lowest BCUT2D eigenvalue weighted by molar-refractivity contribution is -0.679. The maximum atomic E-state index is 2.32. The van der Waals surface area contributed by atoms with E-state index in [1.807, 2.05) is 7.05 Å². The van der Waals surface area contributed by atoms with Crippen LogP contribution in [-0.4, -0.2) is 0 Å². The van der Waals surface area contributed by atoms with Gasteiger partial charge in [-0.3, -0.25) is 0 Å². The molecule has 0 N–H and O–H groups in total. The Morgan fingerprint density at radius 1 is 0.739 bits per heavy atom. The van der Waals surface area contributed by atoms with Crippen molar-refractivity contribution in [2.45, 2.75) is 19.3 Å². The van der Waals surface area contributed by atoms with Crippen LogP contribution < -0.4 is 9.13 Å². The van der Waals surface area contributed by atoms with Gasteiger partial charge in [0.05, 0.1) is 0 Å². The Morgan fingerprint density at radius 3 is 2.17 bits per heavy atom. The van der Waals surface area contributed by atoms with Gasteiger partial charge in [0.2, 0.25) is 0 Å². The van der Waals surface area contributed by atoms with E-state index in [0.717, 1.165) is 12.8 Å². The van der Waals surface area contributed by atoms with Crippen LogP contribution in [0, 0.1) is 0 Å². The first-order valence-electron chi connectivity index (χ1n) is 8.20. The molecule has 2 heteroatoms. The first-order chi connectivity index (χ1) is 11.2. The molecule has 3 aromatic rings. The quantitative estimate of drug-likeness (QED) is 0.640. The second-order valence-corrected chi connectivity index (χ2v) is 6.11. The Bertz CT molecular complexity index is 762. The summed E-state index contributed by atoms with van der Waals surface area (Å²) in [5, 5.41) is 0. The number of aryl methyl sites for hydroxylation is 4. The molecule has 0 aliphatic heterocycles. The second-order valence-electron chi connectivity index (χ2n) is 6.11. The van der Waals surface area contributed by atoms with E-state index in [-0.39, 0.29) is 0 Å². The van der Waals surface area contributed by atoms with Crippen LogP contribution in [-0.2, 0) is 26.9 Å². The fraction of sp³-hybridized carbons (Fsp3) is 0.238. The minimum atomic E-state index is 1.10. The molecule has 0 aliphatic carbocycles. The van der Waals surface area contributed by atoms with Gasteiger partial charge in [-0.25, -0.2) is 9.13 Å². The summed E-state index contributed by atoms with van der Waals surface area (Å²) in [7, 11) is 4.18. The highest BCUT2D eigenvalue weighted by molar-refractivity contribution is 5.61. The van der Waals surface area contributed by atoms with E-state index in [9.17, 15) is 0 Å². The molecule has 0 unspecified atom stereocenters. The maximum Gasteiger partial charge on any atom is 0.181 e. The molecular weight excluding hydrogens is 280 g/mol. The molecule has 3 rings (SSSR count). The van der Waals surface area contributed by atoms with Crippen molar-refractivity contribution in [2.75, 3.05) is 0 Å². The van der Waals surface area contributed by atoms with Crippen molar-refractivity contribution in [3.8, 4) is 11.1 Å². The highest BCUT2D eigenvalue weighted by atomic mass is 14.9. The fourth-order valence-corrected chi connectivity index (χ4v) is 2.86. The average Bonchev–Trinajstić information content (AvgIpc) is 2.58. The zero-order chi connectivity index (χ0) is 16.1. The highest BCUT2D eigenvalue weighted by Crippen LogP contribution is 2.18. The summed E-state index contributed by atoms with van der Waals surface area (Å²) >= 11 is 0. The van der Waals surface area contributed by atoms with Crippen LogP contribution in [0.4, 0.5) is 0 Å². The first kappa shape index (κ1) is 15.4. The molecule has 2 nitrogen and oxygen atoms in total. The Hall–Kier alpha value is -2.48. The molecule has 1 aromatic carbocycles. The minimum absolute atomic E-state index is 1.10. The van der Waals surface area contributed by atoms with Gasteiger partial charge in [-0.2, -0.15) is 0 Å². The summed E-state index contributed by atoms with van der Waals surface area (Å²) in [6, 6.07) is 19.6. The van der Waals surface area contributed by atoms with Crippen molar-refractivity contribution in [1.29, 1.82) is 0 Å². The van der Waals surface area contributed by atoms with Crippen LogP contribution in [0.1, 0.15) is 17.7 Å². The Morgan fingerprint density at radius 2 is 1.43 bits per heavy atom. The second kappa shape index (κ2) is 7.19.